The maximum Gasteiger partial charge on any atom is 0.228 e. The summed E-state index contributed by atoms with van der Waals surface area (Å²) in [5, 5.41) is 21.2. The Morgan fingerprint density at radius 2 is 1.97 bits per heavy atom. The minimum absolute atomic E-state index is 0.259. The lowest BCUT2D eigenvalue weighted by Gasteiger charge is -2.31. The van der Waals surface area contributed by atoms with E-state index in [9.17, 15) is 5.11 Å². The lowest BCUT2D eigenvalue weighted by atomic mass is 9.94. The molecule has 160 valence electrons. The second-order valence-electron chi connectivity index (χ2n) is 8.70. The molecule has 1 saturated heterocycles. The van der Waals surface area contributed by atoms with Crippen LogP contribution < -0.4 is 10.2 Å². The summed E-state index contributed by atoms with van der Waals surface area (Å²) in [7, 11) is 0. The zero-order chi connectivity index (χ0) is 20.8. The van der Waals surface area contributed by atoms with E-state index in [0.29, 0.717) is 29.2 Å². The topological polar surface area (TPSA) is 103 Å². The lowest BCUT2D eigenvalue weighted by Crippen LogP contribution is -2.35. The predicted octanol–water partition coefficient (Wildman–Crippen LogP) is 4.32. The monoisotopic (exact) mass is 418 g/mol. The summed E-state index contributed by atoms with van der Waals surface area (Å²) in [5.74, 6) is 3.28. The number of nitrogens with zero attached hydrogens (tertiary/aromatic N) is 4. The van der Waals surface area contributed by atoms with Crippen molar-refractivity contribution in [1.29, 1.82) is 0 Å². The van der Waals surface area contributed by atoms with Gasteiger partial charge in [-0.1, -0.05) is 12.1 Å². The molecule has 1 aliphatic carbocycles. The van der Waals surface area contributed by atoms with Gasteiger partial charge in [-0.2, -0.15) is 10.1 Å². The van der Waals surface area contributed by atoms with Gasteiger partial charge in [-0.3, -0.25) is 5.10 Å². The third-order valence-corrected chi connectivity index (χ3v) is 6.50. The quantitative estimate of drug-likeness (QED) is 0.428. The van der Waals surface area contributed by atoms with E-state index < -0.39 is 0 Å². The number of aromatic amines is 1. The Bertz CT molecular complexity index is 1220. The molecule has 2 aliphatic rings. The van der Waals surface area contributed by atoms with Crippen LogP contribution in [0.1, 0.15) is 43.7 Å². The number of hydrogen-bond acceptors (Lipinski definition) is 7. The molecule has 0 unspecified atom stereocenters. The van der Waals surface area contributed by atoms with E-state index in [1.165, 1.54) is 18.5 Å². The van der Waals surface area contributed by atoms with Crippen molar-refractivity contribution in [3.05, 3.63) is 36.0 Å². The Labute approximate surface area is 179 Å². The molecule has 3 N–H and O–H groups in total. The number of piperidine rings is 1. The number of anilines is 3. The number of furan rings is 1. The van der Waals surface area contributed by atoms with Gasteiger partial charge >= 0.3 is 0 Å². The van der Waals surface area contributed by atoms with Crippen molar-refractivity contribution in [1.82, 2.24) is 20.2 Å². The van der Waals surface area contributed by atoms with Gasteiger partial charge in [0.05, 0.1) is 0 Å². The van der Waals surface area contributed by atoms with Gasteiger partial charge in [-0.05, 0) is 50.2 Å². The van der Waals surface area contributed by atoms with Gasteiger partial charge in [0.1, 0.15) is 11.1 Å². The fourth-order valence-corrected chi connectivity index (χ4v) is 4.53. The van der Waals surface area contributed by atoms with E-state index in [-0.39, 0.29) is 6.61 Å². The predicted molar refractivity (Wildman–Crippen MR) is 120 cm³/mol. The van der Waals surface area contributed by atoms with Crippen molar-refractivity contribution in [3.8, 4) is 0 Å². The second kappa shape index (κ2) is 7.53. The molecule has 6 rings (SSSR count). The fourth-order valence-electron chi connectivity index (χ4n) is 4.53. The highest BCUT2D eigenvalue weighted by atomic mass is 16.3. The van der Waals surface area contributed by atoms with Crippen LogP contribution in [0.3, 0.4) is 0 Å². The van der Waals surface area contributed by atoms with Gasteiger partial charge in [0, 0.05) is 42.8 Å². The molecule has 8 nitrogen and oxygen atoms in total. The van der Waals surface area contributed by atoms with E-state index >= 15 is 0 Å². The zero-order valence-corrected chi connectivity index (χ0v) is 17.3. The van der Waals surface area contributed by atoms with Gasteiger partial charge in [0.25, 0.3) is 0 Å². The fraction of sp³-hybridized carbons (Fsp3) is 0.435. The van der Waals surface area contributed by atoms with Crippen LogP contribution >= 0.6 is 0 Å². The highest BCUT2D eigenvalue weighted by Crippen LogP contribution is 2.40. The highest BCUT2D eigenvalue weighted by Gasteiger charge is 2.27. The molecule has 31 heavy (non-hydrogen) atoms. The Balaban J connectivity index is 1.38. The SMILES string of the molecule is OCCC1CCN(c2nc(Nc3cc(C4CC4)[nH]n3)c3oc4ccccc4c3n2)CC1. The van der Waals surface area contributed by atoms with Crippen LogP contribution in [0.2, 0.25) is 0 Å². The van der Waals surface area contributed by atoms with Crippen molar-refractivity contribution >= 4 is 39.7 Å². The number of aliphatic hydroxyl groups is 1. The Morgan fingerprint density at radius 3 is 2.77 bits per heavy atom. The van der Waals surface area contributed by atoms with E-state index in [0.717, 1.165) is 54.7 Å². The Hall–Kier alpha value is -3.13. The van der Waals surface area contributed by atoms with Crippen LogP contribution in [0.25, 0.3) is 22.1 Å². The Kier molecular flexibility index (Phi) is 4.52. The van der Waals surface area contributed by atoms with E-state index in [1.807, 2.05) is 24.3 Å². The van der Waals surface area contributed by atoms with Gasteiger partial charge in [-0.25, -0.2) is 4.98 Å². The summed E-state index contributed by atoms with van der Waals surface area (Å²) in [6.45, 7) is 2.04. The molecule has 0 atom stereocenters. The molecule has 3 aromatic heterocycles. The van der Waals surface area contributed by atoms with Crippen molar-refractivity contribution < 1.29 is 9.52 Å². The third-order valence-electron chi connectivity index (χ3n) is 6.50. The molecule has 0 bridgehead atoms. The largest absolute Gasteiger partial charge is 0.450 e. The first kappa shape index (κ1) is 18.6. The molecule has 0 amide bonds. The maximum atomic E-state index is 9.25. The minimum Gasteiger partial charge on any atom is -0.450 e. The summed E-state index contributed by atoms with van der Waals surface area (Å²) >= 11 is 0. The van der Waals surface area contributed by atoms with Crippen LogP contribution in [-0.4, -0.2) is 45.0 Å². The van der Waals surface area contributed by atoms with Crippen molar-refractivity contribution in [3.63, 3.8) is 0 Å². The smallest absolute Gasteiger partial charge is 0.228 e. The van der Waals surface area contributed by atoms with Crippen LogP contribution in [0.15, 0.2) is 34.7 Å². The molecule has 1 saturated carbocycles. The molecular weight excluding hydrogens is 392 g/mol. The number of aromatic nitrogens is 4. The van der Waals surface area contributed by atoms with Crippen LogP contribution in [0.5, 0.6) is 0 Å². The summed E-state index contributed by atoms with van der Waals surface area (Å²) in [4.78, 5) is 12.0. The van der Waals surface area contributed by atoms with Crippen molar-refractivity contribution in [2.75, 3.05) is 29.9 Å². The first-order valence-corrected chi connectivity index (χ1v) is 11.2. The lowest BCUT2D eigenvalue weighted by molar-refractivity contribution is 0.240. The van der Waals surface area contributed by atoms with Gasteiger partial charge in [-0.15, -0.1) is 0 Å². The first-order valence-electron chi connectivity index (χ1n) is 11.2. The molecule has 8 heteroatoms. The van der Waals surface area contributed by atoms with Gasteiger partial charge in [0.15, 0.2) is 17.2 Å². The minimum atomic E-state index is 0.259. The third kappa shape index (κ3) is 3.50. The number of rotatable bonds is 6. The zero-order valence-electron chi connectivity index (χ0n) is 17.3. The average Bonchev–Trinajstić information content (AvgIpc) is 3.43. The molecular formula is C23H26N6O2. The number of aliphatic hydroxyl groups excluding tert-OH is 1. The molecule has 0 radical (unpaired) electrons. The summed E-state index contributed by atoms with van der Waals surface area (Å²) < 4.78 is 6.14. The standard InChI is InChI=1S/C23H26N6O2/c30-12-9-14-7-10-29(11-8-14)23-25-20-16-3-1-2-4-18(16)31-21(20)22(26-23)24-19-13-17(27-28-19)15-5-6-15/h1-4,13-15,30H,5-12H2,(H2,24,25,26,27,28). The van der Waals surface area contributed by atoms with E-state index in [1.54, 1.807) is 0 Å². The second-order valence-corrected chi connectivity index (χ2v) is 8.70. The number of benzene rings is 1. The number of hydrogen-bond donors (Lipinski definition) is 3. The number of fused-ring (bicyclic) bond motifs is 3. The molecule has 1 aromatic carbocycles. The number of H-pyrrole nitrogens is 1. The number of nitrogens with one attached hydrogen (secondary N) is 2. The summed E-state index contributed by atoms with van der Waals surface area (Å²) in [6.07, 6.45) is 5.40. The van der Waals surface area contributed by atoms with Gasteiger partial charge < -0.3 is 19.7 Å². The van der Waals surface area contributed by atoms with E-state index in [4.69, 9.17) is 14.4 Å². The van der Waals surface area contributed by atoms with Crippen LogP contribution in [0, 0.1) is 5.92 Å². The Morgan fingerprint density at radius 1 is 1.13 bits per heavy atom. The van der Waals surface area contributed by atoms with Crippen LogP contribution in [0.4, 0.5) is 17.6 Å². The highest BCUT2D eigenvalue weighted by molar-refractivity contribution is 6.06. The summed E-state index contributed by atoms with van der Waals surface area (Å²) in [5.41, 5.74) is 3.44. The molecule has 2 fully saturated rings. The molecule has 0 spiro atoms. The van der Waals surface area contributed by atoms with Gasteiger partial charge in [0.2, 0.25) is 5.95 Å². The average molecular weight is 419 g/mol. The van der Waals surface area contributed by atoms with Crippen molar-refractivity contribution in [2.24, 2.45) is 5.92 Å². The molecule has 1 aliphatic heterocycles. The van der Waals surface area contributed by atoms with E-state index in [2.05, 4.69) is 26.5 Å². The number of para-hydroxylation sites is 1. The van der Waals surface area contributed by atoms with Crippen molar-refractivity contribution in [2.45, 2.75) is 38.0 Å². The normalized spacial score (nSPS) is 17.6. The molecule has 4 aromatic rings. The van der Waals surface area contributed by atoms with Crippen LogP contribution in [-0.2, 0) is 0 Å². The summed E-state index contributed by atoms with van der Waals surface area (Å²) in [6, 6.07) is 10.0. The maximum absolute atomic E-state index is 9.25. The molecule has 4 heterocycles. The first-order chi connectivity index (χ1) is 15.3.